The van der Waals surface area contributed by atoms with Gasteiger partial charge in [-0.1, -0.05) is 11.6 Å². The molecule has 0 radical (unpaired) electrons. The second-order valence-electron chi connectivity index (χ2n) is 4.20. The SMILES string of the molecule is Cc1ccnc2c1nc(N)n2-c1cc(F)ccc1Cl. The van der Waals surface area contributed by atoms with Gasteiger partial charge in [-0.2, -0.15) is 0 Å². The Labute approximate surface area is 113 Å². The van der Waals surface area contributed by atoms with Gasteiger partial charge < -0.3 is 5.73 Å². The fraction of sp³-hybridized carbons (Fsp3) is 0.0769. The third-order valence-electron chi connectivity index (χ3n) is 2.92. The molecule has 0 bridgehead atoms. The van der Waals surface area contributed by atoms with Crippen molar-refractivity contribution in [1.82, 2.24) is 14.5 Å². The van der Waals surface area contributed by atoms with E-state index >= 15 is 0 Å². The second kappa shape index (κ2) is 4.20. The number of fused-ring (bicyclic) bond motifs is 1. The highest BCUT2D eigenvalue weighted by atomic mass is 35.5. The van der Waals surface area contributed by atoms with E-state index in [0.717, 1.165) is 5.56 Å². The highest BCUT2D eigenvalue weighted by Crippen LogP contribution is 2.28. The molecule has 0 spiro atoms. The summed E-state index contributed by atoms with van der Waals surface area (Å²) in [5.41, 5.74) is 8.52. The summed E-state index contributed by atoms with van der Waals surface area (Å²) in [5.74, 6) is -0.169. The quantitative estimate of drug-likeness (QED) is 0.743. The molecule has 3 rings (SSSR count). The molecule has 4 nitrogen and oxygen atoms in total. The van der Waals surface area contributed by atoms with Gasteiger partial charge in [0.25, 0.3) is 0 Å². The van der Waals surface area contributed by atoms with Gasteiger partial charge >= 0.3 is 0 Å². The minimum absolute atomic E-state index is 0.226. The van der Waals surface area contributed by atoms with Gasteiger partial charge in [0.15, 0.2) is 5.65 Å². The van der Waals surface area contributed by atoms with Crippen molar-refractivity contribution in [2.75, 3.05) is 5.73 Å². The Morgan fingerprint density at radius 1 is 1.32 bits per heavy atom. The number of aromatic nitrogens is 3. The first kappa shape index (κ1) is 11.9. The van der Waals surface area contributed by atoms with E-state index in [-0.39, 0.29) is 5.95 Å². The topological polar surface area (TPSA) is 56.7 Å². The number of nitrogens with two attached hydrogens (primary N) is 1. The van der Waals surface area contributed by atoms with Gasteiger partial charge in [-0.3, -0.25) is 4.57 Å². The number of halogens is 2. The molecule has 2 N–H and O–H groups in total. The monoisotopic (exact) mass is 276 g/mol. The lowest BCUT2D eigenvalue weighted by Gasteiger charge is -2.08. The Bertz CT molecular complexity index is 782. The molecule has 96 valence electrons. The summed E-state index contributed by atoms with van der Waals surface area (Å²) in [6.45, 7) is 1.91. The fourth-order valence-electron chi connectivity index (χ4n) is 2.01. The highest BCUT2D eigenvalue weighted by molar-refractivity contribution is 6.32. The van der Waals surface area contributed by atoms with Crippen molar-refractivity contribution < 1.29 is 4.39 Å². The largest absolute Gasteiger partial charge is 0.369 e. The maximum atomic E-state index is 13.4. The normalized spacial score (nSPS) is 11.1. The minimum atomic E-state index is -0.395. The van der Waals surface area contributed by atoms with E-state index in [2.05, 4.69) is 9.97 Å². The number of nitrogens with zero attached hydrogens (tertiary/aromatic N) is 3. The van der Waals surface area contributed by atoms with Crippen LogP contribution in [0.2, 0.25) is 5.02 Å². The van der Waals surface area contributed by atoms with Crippen LogP contribution in [0, 0.1) is 12.7 Å². The van der Waals surface area contributed by atoms with Gasteiger partial charge in [0.05, 0.1) is 10.7 Å². The Hall–Kier alpha value is -2.14. The first-order valence-corrected chi connectivity index (χ1v) is 6.00. The molecule has 6 heteroatoms. The average molecular weight is 277 g/mol. The average Bonchev–Trinajstić information content (AvgIpc) is 2.70. The van der Waals surface area contributed by atoms with E-state index in [1.807, 2.05) is 13.0 Å². The van der Waals surface area contributed by atoms with Crippen molar-refractivity contribution in [3.05, 3.63) is 46.9 Å². The lowest BCUT2D eigenvalue weighted by Crippen LogP contribution is -2.02. The van der Waals surface area contributed by atoms with Gasteiger partial charge in [0.1, 0.15) is 11.3 Å². The molecule has 0 saturated heterocycles. The molecule has 0 aliphatic heterocycles. The summed E-state index contributed by atoms with van der Waals surface area (Å²) >= 11 is 6.10. The van der Waals surface area contributed by atoms with E-state index in [0.29, 0.717) is 21.9 Å². The molecule has 0 fully saturated rings. The van der Waals surface area contributed by atoms with E-state index in [9.17, 15) is 4.39 Å². The summed E-state index contributed by atoms with van der Waals surface area (Å²) in [6, 6.07) is 5.92. The lowest BCUT2D eigenvalue weighted by molar-refractivity contribution is 0.627. The number of rotatable bonds is 1. The highest BCUT2D eigenvalue weighted by Gasteiger charge is 2.15. The van der Waals surface area contributed by atoms with Crippen molar-refractivity contribution in [3.63, 3.8) is 0 Å². The predicted octanol–water partition coefficient (Wildman–Crippen LogP) is 3.10. The predicted molar refractivity (Wildman–Crippen MR) is 73.0 cm³/mol. The van der Waals surface area contributed by atoms with Gasteiger partial charge in [-0.25, -0.2) is 14.4 Å². The second-order valence-corrected chi connectivity index (χ2v) is 4.61. The molecule has 2 heterocycles. The van der Waals surface area contributed by atoms with Crippen LogP contribution in [-0.2, 0) is 0 Å². The zero-order valence-electron chi connectivity index (χ0n) is 10.1. The number of nitrogen functional groups attached to an aromatic ring is 1. The minimum Gasteiger partial charge on any atom is -0.369 e. The number of anilines is 1. The zero-order chi connectivity index (χ0) is 13.6. The first-order valence-electron chi connectivity index (χ1n) is 5.63. The van der Waals surface area contributed by atoms with Crippen molar-refractivity contribution in [2.45, 2.75) is 6.92 Å². The molecule has 0 atom stereocenters. The number of hydrogen-bond donors (Lipinski definition) is 1. The van der Waals surface area contributed by atoms with Gasteiger partial charge in [-0.05, 0) is 36.8 Å². The summed E-state index contributed by atoms with van der Waals surface area (Å²) in [6.07, 6.45) is 1.66. The number of aryl methyl sites for hydroxylation is 1. The zero-order valence-corrected chi connectivity index (χ0v) is 10.8. The van der Waals surface area contributed by atoms with Crippen LogP contribution in [0.3, 0.4) is 0 Å². The summed E-state index contributed by atoms with van der Waals surface area (Å²) in [4.78, 5) is 8.51. The molecule has 0 aliphatic rings. The van der Waals surface area contributed by atoms with Gasteiger partial charge in [-0.15, -0.1) is 0 Å². The fourth-order valence-corrected chi connectivity index (χ4v) is 2.21. The molecule has 1 aromatic carbocycles. The van der Waals surface area contributed by atoms with Crippen molar-refractivity contribution in [1.29, 1.82) is 0 Å². The van der Waals surface area contributed by atoms with Crippen LogP contribution in [0.4, 0.5) is 10.3 Å². The van der Waals surface area contributed by atoms with Crippen molar-refractivity contribution >= 4 is 28.7 Å². The Kier molecular flexibility index (Phi) is 2.64. The van der Waals surface area contributed by atoms with Crippen LogP contribution in [0.5, 0.6) is 0 Å². The number of hydrogen-bond acceptors (Lipinski definition) is 3. The maximum Gasteiger partial charge on any atom is 0.207 e. The summed E-state index contributed by atoms with van der Waals surface area (Å²) in [5, 5.41) is 0.385. The third-order valence-corrected chi connectivity index (χ3v) is 3.24. The Morgan fingerprint density at radius 3 is 2.89 bits per heavy atom. The van der Waals surface area contributed by atoms with E-state index in [1.54, 1.807) is 10.8 Å². The van der Waals surface area contributed by atoms with E-state index < -0.39 is 5.82 Å². The lowest BCUT2D eigenvalue weighted by atomic mass is 10.2. The van der Waals surface area contributed by atoms with Crippen LogP contribution < -0.4 is 5.73 Å². The van der Waals surface area contributed by atoms with Crippen molar-refractivity contribution in [2.24, 2.45) is 0 Å². The standard InChI is InChI=1S/C13H10ClFN4/c1-7-4-5-17-12-11(7)18-13(16)19(12)10-6-8(15)2-3-9(10)14/h2-6H,1H3,(H2,16,18). The number of benzene rings is 1. The molecular formula is C13H10ClFN4. The Balaban J connectivity index is 2.39. The smallest absolute Gasteiger partial charge is 0.207 e. The molecule has 0 unspecified atom stereocenters. The molecule has 2 aromatic heterocycles. The summed E-state index contributed by atoms with van der Waals surface area (Å²) in [7, 11) is 0. The molecular weight excluding hydrogens is 267 g/mol. The van der Waals surface area contributed by atoms with E-state index in [4.69, 9.17) is 17.3 Å². The molecule has 0 saturated carbocycles. The van der Waals surface area contributed by atoms with Crippen LogP contribution in [0.15, 0.2) is 30.5 Å². The van der Waals surface area contributed by atoms with Gasteiger partial charge in [0, 0.05) is 6.20 Å². The van der Waals surface area contributed by atoms with Crippen molar-refractivity contribution in [3.8, 4) is 5.69 Å². The Morgan fingerprint density at radius 2 is 2.11 bits per heavy atom. The first-order chi connectivity index (χ1) is 9.08. The number of imidazole rings is 1. The molecule has 0 amide bonds. The van der Waals surface area contributed by atoms with Crippen LogP contribution >= 0.6 is 11.6 Å². The van der Waals surface area contributed by atoms with Crippen LogP contribution in [0.1, 0.15) is 5.56 Å². The third kappa shape index (κ3) is 1.82. The summed E-state index contributed by atoms with van der Waals surface area (Å²) < 4.78 is 14.9. The van der Waals surface area contributed by atoms with Crippen LogP contribution in [-0.4, -0.2) is 14.5 Å². The van der Waals surface area contributed by atoms with E-state index in [1.165, 1.54) is 18.2 Å². The van der Waals surface area contributed by atoms with Gasteiger partial charge in [0.2, 0.25) is 5.95 Å². The maximum absolute atomic E-state index is 13.4. The number of pyridine rings is 1. The molecule has 3 aromatic rings. The van der Waals surface area contributed by atoms with Crippen LogP contribution in [0.25, 0.3) is 16.9 Å². The molecule has 19 heavy (non-hydrogen) atoms. The molecule has 0 aliphatic carbocycles.